The average molecular weight is 426 g/mol. The number of nitrogens with zero attached hydrogens (tertiary/aromatic N) is 1. The predicted octanol–water partition coefficient (Wildman–Crippen LogP) is 8.62. The molecular weight excluding hydrogens is 370 g/mol. The lowest BCUT2D eigenvalue weighted by molar-refractivity contribution is -0.137. The van der Waals surface area contributed by atoms with Crippen molar-refractivity contribution in [3.63, 3.8) is 0 Å². The van der Waals surface area contributed by atoms with Crippen LogP contribution >= 0.6 is 0 Å². The average Bonchev–Trinajstić information content (AvgIpc) is 2.64. The van der Waals surface area contributed by atoms with Crippen LogP contribution in [0.3, 0.4) is 0 Å². The quantitative estimate of drug-likeness (QED) is 0.176. The Morgan fingerprint density at radius 3 is 1.37 bits per heavy atom. The fourth-order valence-corrected chi connectivity index (χ4v) is 4.14. The van der Waals surface area contributed by atoms with Crippen LogP contribution in [0.15, 0.2) is 12.2 Å². The molecule has 0 unspecified atom stereocenters. The van der Waals surface area contributed by atoms with Gasteiger partial charge in [0.15, 0.2) is 0 Å². The zero-order chi connectivity index (χ0) is 23.2. The van der Waals surface area contributed by atoms with Crippen molar-refractivity contribution in [3.05, 3.63) is 12.2 Å². The highest BCUT2D eigenvalue weighted by molar-refractivity contribution is 5.66. The van der Waals surface area contributed by atoms with Crippen molar-refractivity contribution in [2.45, 2.75) is 156 Å². The lowest BCUT2D eigenvalue weighted by Crippen LogP contribution is -2.42. The molecule has 0 heterocycles. The summed E-state index contributed by atoms with van der Waals surface area (Å²) in [5.74, 6) is -0.664. The molecule has 3 heteroatoms. The second kappa shape index (κ2) is 22.8. The molecule has 0 aromatic carbocycles. The molecule has 0 saturated heterocycles. The van der Waals surface area contributed by atoms with Crippen LogP contribution in [-0.2, 0) is 4.79 Å². The van der Waals surface area contributed by atoms with Crippen LogP contribution in [0.5, 0.6) is 0 Å². The van der Waals surface area contributed by atoms with E-state index in [-0.39, 0.29) is 0 Å². The first-order chi connectivity index (χ1) is 14.2. The number of carboxylic acids is 1. The Morgan fingerprint density at radius 2 is 1.03 bits per heavy atom. The van der Waals surface area contributed by atoms with Crippen molar-refractivity contribution in [2.75, 3.05) is 0 Å². The molecular formula is C27H55NO2. The molecule has 0 rings (SSSR count). The van der Waals surface area contributed by atoms with Gasteiger partial charge < -0.3 is 5.11 Å². The summed E-state index contributed by atoms with van der Waals surface area (Å²) < 4.78 is 0. The molecule has 0 atom stereocenters. The Balaban J connectivity index is 0. The smallest absolute Gasteiger partial charge is 0.303 e. The zero-order valence-corrected chi connectivity index (χ0v) is 21.6. The van der Waals surface area contributed by atoms with Gasteiger partial charge in [-0.2, -0.15) is 0 Å². The van der Waals surface area contributed by atoms with Crippen molar-refractivity contribution < 1.29 is 9.90 Å². The van der Waals surface area contributed by atoms with Crippen LogP contribution in [0.1, 0.15) is 138 Å². The minimum absolute atomic E-state index is 0.332. The number of allylic oxidation sites excluding steroid dienone is 2. The summed E-state index contributed by atoms with van der Waals surface area (Å²) in [4.78, 5) is 12.8. The highest BCUT2D eigenvalue weighted by Gasteiger charge is 2.15. The van der Waals surface area contributed by atoms with Crippen molar-refractivity contribution in [1.82, 2.24) is 4.90 Å². The molecule has 0 radical (unpaired) electrons. The molecule has 1 N–H and O–H groups in total. The maximum Gasteiger partial charge on any atom is 0.303 e. The summed E-state index contributed by atoms with van der Waals surface area (Å²) in [7, 11) is 0. The second-order valence-corrected chi connectivity index (χ2v) is 9.46. The summed E-state index contributed by atoms with van der Waals surface area (Å²) >= 11 is 0. The topological polar surface area (TPSA) is 40.5 Å². The van der Waals surface area contributed by atoms with Gasteiger partial charge in [-0.05, 0) is 73.6 Å². The Hall–Kier alpha value is -0.830. The second-order valence-electron chi connectivity index (χ2n) is 9.46. The van der Waals surface area contributed by atoms with E-state index in [1.54, 1.807) is 0 Å². The molecule has 0 amide bonds. The van der Waals surface area contributed by atoms with Crippen molar-refractivity contribution >= 4 is 5.97 Å². The number of carboxylic acid groups (broad SMARTS) is 1. The number of carbonyl (C=O) groups is 1. The minimum Gasteiger partial charge on any atom is -0.481 e. The number of rotatable bonds is 18. The monoisotopic (exact) mass is 425 g/mol. The Morgan fingerprint density at radius 1 is 0.667 bits per heavy atom. The molecule has 0 aliphatic rings. The van der Waals surface area contributed by atoms with Gasteiger partial charge in [-0.15, -0.1) is 0 Å². The third-order valence-electron chi connectivity index (χ3n) is 5.44. The molecule has 3 nitrogen and oxygen atoms in total. The first kappa shape index (κ1) is 31.4. The van der Waals surface area contributed by atoms with Gasteiger partial charge in [-0.1, -0.05) is 70.4 Å². The van der Waals surface area contributed by atoms with Crippen LogP contribution in [0.4, 0.5) is 0 Å². The van der Waals surface area contributed by atoms with E-state index in [4.69, 9.17) is 5.11 Å². The molecule has 0 spiro atoms. The Bertz CT molecular complexity index is 369. The highest BCUT2D eigenvalue weighted by Crippen LogP contribution is 2.10. The van der Waals surface area contributed by atoms with E-state index in [1.165, 1.54) is 70.6 Å². The molecule has 0 fully saturated rings. The Kier molecular flexibility index (Phi) is 23.9. The van der Waals surface area contributed by atoms with Gasteiger partial charge in [0.2, 0.25) is 0 Å². The fourth-order valence-electron chi connectivity index (χ4n) is 4.14. The number of unbranched alkanes of at least 4 members (excludes halogenated alkanes) is 11. The first-order valence-electron chi connectivity index (χ1n) is 12.9. The van der Waals surface area contributed by atoms with E-state index in [0.29, 0.717) is 24.5 Å². The van der Waals surface area contributed by atoms with Gasteiger partial charge in [0.25, 0.3) is 0 Å². The van der Waals surface area contributed by atoms with Crippen molar-refractivity contribution in [2.24, 2.45) is 0 Å². The minimum atomic E-state index is -0.664. The van der Waals surface area contributed by atoms with Crippen LogP contribution in [-0.4, -0.2) is 34.1 Å². The zero-order valence-electron chi connectivity index (χ0n) is 21.6. The van der Waals surface area contributed by atoms with Crippen LogP contribution in [0.2, 0.25) is 0 Å². The van der Waals surface area contributed by atoms with E-state index < -0.39 is 5.97 Å². The number of aliphatic carboxylic acids is 1. The molecule has 30 heavy (non-hydrogen) atoms. The summed E-state index contributed by atoms with van der Waals surface area (Å²) in [6, 6.07) is 2.00. The molecule has 0 aromatic heterocycles. The number of hydrogen-bond acceptors (Lipinski definition) is 2. The molecule has 0 aliphatic heterocycles. The SMILES string of the molecule is CC(C)N(C(C)C)C(C)C.CCCCCCCC/C=C\CCCCCCCC(=O)O. The van der Waals surface area contributed by atoms with E-state index >= 15 is 0 Å². The number of hydrogen-bond donors (Lipinski definition) is 1. The van der Waals surface area contributed by atoms with E-state index in [1.807, 2.05) is 0 Å². The van der Waals surface area contributed by atoms with Gasteiger partial charge in [0, 0.05) is 24.5 Å². The largest absolute Gasteiger partial charge is 0.481 e. The lowest BCUT2D eigenvalue weighted by atomic mass is 10.1. The lowest BCUT2D eigenvalue weighted by Gasteiger charge is -2.34. The van der Waals surface area contributed by atoms with Crippen LogP contribution < -0.4 is 0 Å². The van der Waals surface area contributed by atoms with E-state index in [2.05, 4.69) is 65.5 Å². The molecule has 0 aliphatic carbocycles. The summed E-state index contributed by atoms with van der Waals surface area (Å²) in [5, 5.41) is 8.51. The molecule has 180 valence electrons. The fraction of sp³-hybridized carbons (Fsp3) is 0.889. The van der Waals surface area contributed by atoms with Crippen molar-refractivity contribution in [1.29, 1.82) is 0 Å². The maximum absolute atomic E-state index is 10.3. The van der Waals surface area contributed by atoms with Crippen LogP contribution in [0.25, 0.3) is 0 Å². The third-order valence-corrected chi connectivity index (χ3v) is 5.44. The van der Waals surface area contributed by atoms with Crippen LogP contribution in [0, 0.1) is 0 Å². The normalized spacial score (nSPS) is 11.7. The van der Waals surface area contributed by atoms with Gasteiger partial charge in [0.1, 0.15) is 0 Å². The molecule has 0 bridgehead atoms. The predicted molar refractivity (Wildman–Crippen MR) is 134 cm³/mol. The van der Waals surface area contributed by atoms with Crippen molar-refractivity contribution in [3.8, 4) is 0 Å². The third kappa shape index (κ3) is 23.4. The Labute approximate surface area is 189 Å². The highest BCUT2D eigenvalue weighted by atomic mass is 16.4. The van der Waals surface area contributed by atoms with E-state index in [9.17, 15) is 4.79 Å². The van der Waals surface area contributed by atoms with E-state index in [0.717, 1.165) is 12.8 Å². The van der Waals surface area contributed by atoms with Gasteiger partial charge in [-0.3, -0.25) is 9.69 Å². The van der Waals surface area contributed by atoms with Gasteiger partial charge in [0.05, 0.1) is 0 Å². The van der Waals surface area contributed by atoms with Gasteiger partial charge in [-0.25, -0.2) is 0 Å². The standard InChI is InChI=1S/C18H34O2.C9H21N/c1-2-3-4-5-6-7-8-9-10-11-12-13-14-15-16-17-18(19)20;1-7(2)10(8(3)4)9(5)6/h9-10H,2-8,11-17H2,1H3,(H,19,20);7-9H,1-6H3/b10-9-;. The molecule has 0 aromatic rings. The van der Waals surface area contributed by atoms with Gasteiger partial charge >= 0.3 is 5.97 Å². The summed E-state index contributed by atoms with van der Waals surface area (Å²) in [5.41, 5.74) is 0. The molecule has 0 saturated carbocycles. The first-order valence-corrected chi connectivity index (χ1v) is 12.9. The summed E-state index contributed by atoms with van der Waals surface area (Å²) in [6.07, 6.45) is 21.2. The summed E-state index contributed by atoms with van der Waals surface area (Å²) in [6.45, 7) is 15.8. The maximum atomic E-state index is 10.3.